The second-order valence-corrected chi connectivity index (χ2v) is 6.41. The van der Waals surface area contributed by atoms with Gasteiger partial charge >= 0.3 is 0 Å². The molecule has 1 saturated heterocycles. The van der Waals surface area contributed by atoms with Gasteiger partial charge in [0.1, 0.15) is 5.82 Å². The van der Waals surface area contributed by atoms with Gasteiger partial charge < -0.3 is 10.2 Å². The van der Waals surface area contributed by atoms with E-state index in [2.05, 4.69) is 61.9 Å². The van der Waals surface area contributed by atoms with Crippen molar-refractivity contribution in [2.45, 2.75) is 26.3 Å². The highest BCUT2D eigenvalue weighted by atomic mass is 79.9. The Bertz CT molecular complexity index is 449. The number of rotatable bonds is 3. The summed E-state index contributed by atoms with van der Waals surface area (Å²) in [5, 5.41) is 3.16. The molecule has 0 atom stereocenters. The molecular formula is C13H22BrN5. The lowest BCUT2D eigenvalue weighted by molar-refractivity contribution is 0.138. The van der Waals surface area contributed by atoms with E-state index in [1.807, 2.05) is 13.1 Å². The summed E-state index contributed by atoms with van der Waals surface area (Å²) in [5.41, 5.74) is 0.154. The molecule has 1 N–H and O–H groups in total. The lowest BCUT2D eigenvalue weighted by Crippen LogP contribution is -2.58. The maximum absolute atomic E-state index is 4.61. The van der Waals surface area contributed by atoms with E-state index in [4.69, 9.17) is 0 Å². The van der Waals surface area contributed by atoms with Crippen LogP contribution in [-0.4, -0.2) is 53.6 Å². The van der Waals surface area contributed by atoms with Crippen LogP contribution in [0.1, 0.15) is 20.8 Å². The molecule has 0 aromatic carbocycles. The molecule has 1 aromatic rings. The first kappa shape index (κ1) is 14.5. The Hall–Kier alpha value is -0.880. The molecule has 106 valence electrons. The normalized spacial score (nSPS) is 19.5. The fourth-order valence-electron chi connectivity index (χ4n) is 2.24. The van der Waals surface area contributed by atoms with Crippen molar-refractivity contribution < 1.29 is 0 Å². The standard InChI is InChI=1S/C13H22BrN5/c1-5-15-12-16-8-10(14)11(17-12)19-7-6-18(4)13(2,3)9-19/h8H,5-7,9H2,1-4H3,(H,15,16,17). The number of nitrogens with one attached hydrogen (secondary N) is 1. The number of hydrogen-bond donors (Lipinski definition) is 1. The van der Waals surface area contributed by atoms with E-state index in [0.717, 1.165) is 36.5 Å². The van der Waals surface area contributed by atoms with Crippen molar-refractivity contribution in [3.8, 4) is 0 Å². The van der Waals surface area contributed by atoms with Gasteiger partial charge in [0.2, 0.25) is 5.95 Å². The van der Waals surface area contributed by atoms with Crippen molar-refractivity contribution >= 4 is 27.7 Å². The zero-order valence-electron chi connectivity index (χ0n) is 12.1. The number of likely N-dealkylation sites (N-methyl/N-ethyl adjacent to an activating group) is 1. The molecular weight excluding hydrogens is 306 g/mol. The summed E-state index contributed by atoms with van der Waals surface area (Å²) < 4.78 is 0.953. The van der Waals surface area contributed by atoms with Gasteiger partial charge in [-0.1, -0.05) is 0 Å². The van der Waals surface area contributed by atoms with Gasteiger partial charge in [-0.15, -0.1) is 0 Å². The molecule has 2 rings (SSSR count). The van der Waals surface area contributed by atoms with E-state index in [1.54, 1.807) is 0 Å². The maximum Gasteiger partial charge on any atom is 0.224 e. The Balaban J connectivity index is 2.24. The molecule has 0 unspecified atom stereocenters. The van der Waals surface area contributed by atoms with Gasteiger partial charge in [-0.25, -0.2) is 4.98 Å². The number of nitrogens with zero attached hydrogens (tertiary/aromatic N) is 4. The smallest absolute Gasteiger partial charge is 0.224 e. The van der Waals surface area contributed by atoms with E-state index < -0.39 is 0 Å². The number of aromatic nitrogens is 2. The third-order valence-electron chi connectivity index (χ3n) is 3.68. The van der Waals surface area contributed by atoms with E-state index in [-0.39, 0.29) is 5.54 Å². The van der Waals surface area contributed by atoms with Crippen LogP contribution in [0.4, 0.5) is 11.8 Å². The predicted molar refractivity (Wildman–Crippen MR) is 82.8 cm³/mol. The third kappa shape index (κ3) is 3.17. The van der Waals surface area contributed by atoms with Crippen LogP contribution in [0.3, 0.4) is 0 Å². The van der Waals surface area contributed by atoms with Gasteiger partial charge in [0.15, 0.2) is 0 Å². The van der Waals surface area contributed by atoms with Crippen molar-refractivity contribution in [3.05, 3.63) is 10.7 Å². The van der Waals surface area contributed by atoms with Gasteiger partial charge in [-0.05, 0) is 43.7 Å². The number of piperazine rings is 1. The van der Waals surface area contributed by atoms with Crippen molar-refractivity contribution in [2.75, 3.05) is 43.4 Å². The Morgan fingerprint density at radius 2 is 2.16 bits per heavy atom. The Morgan fingerprint density at radius 1 is 1.42 bits per heavy atom. The molecule has 0 radical (unpaired) electrons. The van der Waals surface area contributed by atoms with Crippen LogP contribution in [0.15, 0.2) is 10.7 Å². The minimum Gasteiger partial charge on any atom is -0.354 e. The Labute approximate surface area is 123 Å². The van der Waals surface area contributed by atoms with Crippen LogP contribution in [0.5, 0.6) is 0 Å². The van der Waals surface area contributed by atoms with Crippen molar-refractivity contribution in [2.24, 2.45) is 0 Å². The molecule has 5 nitrogen and oxygen atoms in total. The van der Waals surface area contributed by atoms with Gasteiger partial charge in [0.25, 0.3) is 0 Å². The summed E-state index contributed by atoms with van der Waals surface area (Å²) >= 11 is 3.56. The van der Waals surface area contributed by atoms with Crippen LogP contribution in [0.2, 0.25) is 0 Å². The van der Waals surface area contributed by atoms with E-state index >= 15 is 0 Å². The molecule has 0 bridgehead atoms. The van der Waals surface area contributed by atoms with Crippen molar-refractivity contribution in [3.63, 3.8) is 0 Å². The van der Waals surface area contributed by atoms with Gasteiger partial charge in [-0.3, -0.25) is 4.90 Å². The maximum atomic E-state index is 4.61. The summed E-state index contributed by atoms with van der Waals surface area (Å²) in [6.45, 7) is 10.4. The number of anilines is 2. The summed E-state index contributed by atoms with van der Waals surface area (Å²) in [6.07, 6.45) is 1.83. The molecule has 2 heterocycles. The lowest BCUT2D eigenvalue weighted by atomic mass is 10.00. The van der Waals surface area contributed by atoms with Crippen LogP contribution in [0, 0.1) is 0 Å². The number of hydrogen-bond acceptors (Lipinski definition) is 5. The quantitative estimate of drug-likeness (QED) is 0.922. The second-order valence-electron chi connectivity index (χ2n) is 5.55. The van der Waals surface area contributed by atoms with Gasteiger partial charge in [-0.2, -0.15) is 4.98 Å². The summed E-state index contributed by atoms with van der Waals surface area (Å²) in [6, 6.07) is 0. The Kier molecular flexibility index (Phi) is 4.30. The van der Waals surface area contributed by atoms with Gasteiger partial charge in [0.05, 0.1) is 4.47 Å². The largest absolute Gasteiger partial charge is 0.354 e. The first-order valence-corrected chi connectivity index (χ1v) is 7.46. The minimum absolute atomic E-state index is 0.154. The molecule has 0 spiro atoms. The number of halogens is 1. The molecule has 0 saturated carbocycles. The zero-order chi connectivity index (χ0) is 14.0. The average molecular weight is 328 g/mol. The van der Waals surface area contributed by atoms with E-state index in [0.29, 0.717) is 5.95 Å². The topological polar surface area (TPSA) is 44.3 Å². The fraction of sp³-hybridized carbons (Fsp3) is 0.692. The highest BCUT2D eigenvalue weighted by Crippen LogP contribution is 2.29. The molecule has 0 amide bonds. The average Bonchev–Trinajstić information content (AvgIpc) is 2.35. The fourth-order valence-corrected chi connectivity index (χ4v) is 2.69. The summed E-state index contributed by atoms with van der Waals surface area (Å²) in [4.78, 5) is 13.6. The SMILES string of the molecule is CCNc1ncc(Br)c(N2CCN(C)C(C)(C)C2)n1. The highest BCUT2D eigenvalue weighted by molar-refractivity contribution is 9.10. The molecule has 0 aliphatic carbocycles. The van der Waals surface area contributed by atoms with Crippen LogP contribution in [0.25, 0.3) is 0 Å². The van der Waals surface area contributed by atoms with Crippen LogP contribution in [-0.2, 0) is 0 Å². The predicted octanol–water partition coefficient (Wildman–Crippen LogP) is 2.20. The molecule has 19 heavy (non-hydrogen) atoms. The first-order chi connectivity index (χ1) is 8.94. The third-order valence-corrected chi connectivity index (χ3v) is 4.24. The van der Waals surface area contributed by atoms with Crippen molar-refractivity contribution in [1.29, 1.82) is 0 Å². The molecule has 1 aliphatic rings. The Morgan fingerprint density at radius 3 is 2.79 bits per heavy atom. The zero-order valence-corrected chi connectivity index (χ0v) is 13.7. The van der Waals surface area contributed by atoms with E-state index in [9.17, 15) is 0 Å². The molecule has 6 heteroatoms. The lowest BCUT2D eigenvalue weighted by Gasteiger charge is -2.45. The van der Waals surface area contributed by atoms with Gasteiger partial charge in [0, 0.05) is 37.9 Å². The monoisotopic (exact) mass is 327 g/mol. The van der Waals surface area contributed by atoms with Crippen LogP contribution >= 0.6 is 15.9 Å². The second kappa shape index (κ2) is 5.63. The minimum atomic E-state index is 0.154. The first-order valence-electron chi connectivity index (χ1n) is 6.66. The van der Waals surface area contributed by atoms with Crippen molar-refractivity contribution in [1.82, 2.24) is 14.9 Å². The van der Waals surface area contributed by atoms with E-state index in [1.165, 1.54) is 0 Å². The van der Waals surface area contributed by atoms with Crippen LogP contribution < -0.4 is 10.2 Å². The summed E-state index contributed by atoms with van der Waals surface area (Å²) in [7, 11) is 2.18. The molecule has 1 aliphatic heterocycles. The molecule has 1 fully saturated rings. The summed E-state index contributed by atoms with van der Waals surface area (Å²) in [5.74, 6) is 1.67. The highest BCUT2D eigenvalue weighted by Gasteiger charge is 2.32. The molecule has 1 aromatic heterocycles.